The normalized spacial score (nSPS) is 16.1. The summed E-state index contributed by atoms with van der Waals surface area (Å²) in [5.74, 6) is 0.715. The molecule has 0 atom stereocenters. The van der Waals surface area contributed by atoms with Crippen molar-refractivity contribution in [3.63, 3.8) is 0 Å². The molecule has 0 radical (unpaired) electrons. The van der Waals surface area contributed by atoms with Crippen molar-refractivity contribution in [2.24, 2.45) is 5.92 Å². The summed E-state index contributed by atoms with van der Waals surface area (Å²) in [6.45, 7) is 0.503. The smallest absolute Gasteiger partial charge is 0.240 e. The minimum atomic E-state index is -3.42. The zero-order chi connectivity index (χ0) is 12.5. The molecule has 1 aromatic carbocycles. The number of halogens is 1. The molecule has 6 heteroatoms. The predicted octanol–water partition coefficient (Wildman–Crippen LogP) is 2.11. The number of hydrogen-bond acceptors (Lipinski definition) is 3. The van der Waals surface area contributed by atoms with Gasteiger partial charge in [0.1, 0.15) is 0 Å². The molecule has 1 aliphatic rings. The van der Waals surface area contributed by atoms with E-state index in [-0.39, 0.29) is 4.90 Å². The van der Waals surface area contributed by atoms with Crippen molar-refractivity contribution in [3.8, 4) is 0 Å². The summed E-state index contributed by atoms with van der Waals surface area (Å²) >= 11 is 3.24. The average molecular weight is 319 g/mol. The van der Waals surface area contributed by atoms with Crippen LogP contribution in [0.2, 0.25) is 0 Å². The van der Waals surface area contributed by atoms with Gasteiger partial charge < -0.3 is 5.73 Å². The summed E-state index contributed by atoms with van der Waals surface area (Å²) in [5.41, 5.74) is 6.09. The van der Waals surface area contributed by atoms with Crippen molar-refractivity contribution in [2.45, 2.75) is 24.2 Å². The molecule has 17 heavy (non-hydrogen) atoms. The van der Waals surface area contributed by atoms with Gasteiger partial charge in [-0.25, -0.2) is 13.1 Å². The summed E-state index contributed by atoms with van der Waals surface area (Å²) in [6.07, 6.45) is 3.38. The van der Waals surface area contributed by atoms with Gasteiger partial charge in [0.05, 0.1) is 4.90 Å². The van der Waals surface area contributed by atoms with Crippen molar-refractivity contribution in [1.29, 1.82) is 0 Å². The molecule has 0 heterocycles. The van der Waals surface area contributed by atoms with Crippen LogP contribution >= 0.6 is 15.9 Å². The topological polar surface area (TPSA) is 72.2 Å². The molecule has 0 spiro atoms. The minimum absolute atomic E-state index is 0.217. The van der Waals surface area contributed by atoms with Gasteiger partial charge in [0.15, 0.2) is 0 Å². The van der Waals surface area contributed by atoms with E-state index in [1.165, 1.54) is 18.9 Å². The van der Waals surface area contributed by atoms with Crippen molar-refractivity contribution >= 4 is 31.6 Å². The van der Waals surface area contributed by atoms with Crippen LogP contribution in [0.5, 0.6) is 0 Å². The second-order valence-corrected chi connectivity index (χ2v) is 6.93. The molecule has 0 aromatic heterocycles. The first-order valence-corrected chi connectivity index (χ1v) is 7.81. The Morgan fingerprint density at radius 1 is 1.41 bits per heavy atom. The molecule has 1 aliphatic carbocycles. The molecule has 0 bridgehead atoms. The number of sulfonamides is 1. The van der Waals surface area contributed by atoms with Gasteiger partial charge in [0, 0.05) is 16.7 Å². The minimum Gasteiger partial charge on any atom is -0.398 e. The van der Waals surface area contributed by atoms with Gasteiger partial charge in [0.2, 0.25) is 10.0 Å². The molecule has 0 unspecified atom stereocenters. The predicted molar refractivity (Wildman–Crippen MR) is 71.1 cm³/mol. The molecule has 0 amide bonds. The van der Waals surface area contributed by atoms with Crippen molar-refractivity contribution < 1.29 is 8.42 Å². The maximum Gasteiger partial charge on any atom is 0.240 e. The Morgan fingerprint density at radius 2 is 2.12 bits per heavy atom. The fourth-order valence-corrected chi connectivity index (χ4v) is 2.91. The van der Waals surface area contributed by atoms with E-state index in [9.17, 15) is 8.42 Å². The van der Waals surface area contributed by atoms with Crippen LogP contribution in [0.4, 0.5) is 5.69 Å². The highest BCUT2D eigenvalue weighted by atomic mass is 79.9. The second-order valence-electron chi connectivity index (χ2n) is 4.31. The first-order valence-electron chi connectivity index (χ1n) is 5.54. The van der Waals surface area contributed by atoms with Gasteiger partial charge in [-0.05, 0) is 46.5 Å². The van der Waals surface area contributed by atoms with Crippen LogP contribution in [0.3, 0.4) is 0 Å². The summed E-state index contributed by atoms with van der Waals surface area (Å²) in [5, 5.41) is 0. The quantitative estimate of drug-likeness (QED) is 0.817. The monoisotopic (exact) mass is 318 g/mol. The van der Waals surface area contributed by atoms with E-state index < -0.39 is 10.0 Å². The van der Waals surface area contributed by atoms with Crippen LogP contribution in [0, 0.1) is 5.92 Å². The fourth-order valence-electron chi connectivity index (χ4n) is 1.58. The molecule has 1 fully saturated rings. The third-order valence-corrected chi connectivity index (χ3v) is 5.00. The Kier molecular flexibility index (Phi) is 3.75. The zero-order valence-electron chi connectivity index (χ0n) is 9.32. The van der Waals surface area contributed by atoms with Crippen LogP contribution in [0.15, 0.2) is 27.6 Å². The molecule has 4 nitrogen and oxygen atoms in total. The van der Waals surface area contributed by atoms with Gasteiger partial charge in [-0.2, -0.15) is 0 Å². The van der Waals surface area contributed by atoms with E-state index in [0.29, 0.717) is 22.6 Å². The summed E-state index contributed by atoms with van der Waals surface area (Å²) < 4.78 is 27.1. The largest absolute Gasteiger partial charge is 0.398 e. The van der Waals surface area contributed by atoms with Gasteiger partial charge in [-0.3, -0.25) is 0 Å². The number of hydrogen-bond donors (Lipinski definition) is 2. The van der Waals surface area contributed by atoms with Crippen molar-refractivity contribution in [3.05, 3.63) is 22.7 Å². The molecule has 0 saturated heterocycles. The van der Waals surface area contributed by atoms with Crippen LogP contribution in [0.25, 0.3) is 0 Å². The Balaban J connectivity index is 2.04. The number of nitrogens with two attached hydrogens (primary N) is 1. The van der Waals surface area contributed by atoms with E-state index in [2.05, 4.69) is 20.7 Å². The fraction of sp³-hybridized carbons (Fsp3) is 0.455. The lowest BCUT2D eigenvalue weighted by molar-refractivity contribution is 0.575. The van der Waals surface area contributed by atoms with Crippen LogP contribution in [-0.2, 0) is 10.0 Å². The van der Waals surface area contributed by atoms with Crippen LogP contribution in [-0.4, -0.2) is 15.0 Å². The van der Waals surface area contributed by atoms with Gasteiger partial charge >= 0.3 is 0 Å². The highest BCUT2D eigenvalue weighted by Crippen LogP contribution is 2.31. The Morgan fingerprint density at radius 3 is 2.71 bits per heavy atom. The first-order chi connectivity index (χ1) is 7.99. The third kappa shape index (κ3) is 3.43. The molecule has 3 N–H and O–H groups in total. The van der Waals surface area contributed by atoms with Crippen molar-refractivity contribution in [1.82, 2.24) is 4.72 Å². The first kappa shape index (κ1) is 12.9. The summed E-state index contributed by atoms with van der Waals surface area (Å²) in [7, 11) is -3.42. The third-order valence-electron chi connectivity index (χ3n) is 2.82. The van der Waals surface area contributed by atoms with Gasteiger partial charge in [-0.15, -0.1) is 0 Å². The molecule has 2 rings (SSSR count). The van der Waals surface area contributed by atoms with Crippen molar-refractivity contribution in [2.75, 3.05) is 12.3 Å². The van der Waals surface area contributed by atoms with E-state index >= 15 is 0 Å². The number of benzene rings is 1. The zero-order valence-corrected chi connectivity index (χ0v) is 11.7. The number of nitrogens with one attached hydrogen (secondary N) is 1. The summed E-state index contributed by atoms with van der Waals surface area (Å²) in [6, 6.07) is 4.65. The molecular weight excluding hydrogens is 304 g/mol. The Bertz CT molecular complexity index is 512. The second kappa shape index (κ2) is 4.96. The molecular formula is C11H15BrN2O2S. The molecule has 0 aliphatic heterocycles. The van der Waals surface area contributed by atoms with E-state index in [1.807, 2.05) is 0 Å². The lowest BCUT2D eigenvalue weighted by Gasteiger charge is -2.07. The Labute approximate surface area is 110 Å². The van der Waals surface area contributed by atoms with E-state index in [4.69, 9.17) is 5.73 Å². The lowest BCUT2D eigenvalue weighted by atomic mass is 10.3. The number of rotatable bonds is 5. The average Bonchev–Trinajstić information content (AvgIpc) is 3.05. The lowest BCUT2D eigenvalue weighted by Crippen LogP contribution is -2.25. The molecule has 1 aromatic rings. The van der Waals surface area contributed by atoms with E-state index in [1.54, 1.807) is 12.1 Å². The summed E-state index contributed by atoms with van der Waals surface area (Å²) in [4.78, 5) is 0.217. The molecule has 1 saturated carbocycles. The highest BCUT2D eigenvalue weighted by molar-refractivity contribution is 9.10. The highest BCUT2D eigenvalue weighted by Gasteiger charge is 2.22. The number of anilines is 1. The van der Waals surface area contributed by atoms with Gasteiger partial charge in [-0.1, -0.05) is 12.8 Å². The van der Waals surface area contributed by atoms with Gasteiger partial charge in [0.25, 0.3) is 0 Å². The number of nitrogen functional groups attached to an aromatic ring is 1. The van der Waals surface area contributed by atoms with E-state index in [0.717, 1.165) is 6.42 Å². The maximum atomic E-state index is 11.9. The standard InChI is InChI=1S/C11H15BrN2O2S/c12-10-4-3-9(7-11(10)13)17(15,16)14-6-5-8-1-2-8/h3-4,7-8,14H,1-2,5-6,13H2. The van der Waals surface area contributed by atoms with Crippen LogP contribution < -0.4 is 10.5 Å². The SMILES string of the molecule is Nc1cc(S(=O)(=O)NCCC2CC2)ccc1Br. The maximum absolute atomic E-state index is 11.9. The Hall–Kier alpha value is -0.590. The van der Waals surface area contributed by atoms with Crippen LogP contribution in [0.1, 0.15) is 19.3 Å². The molecule has 94 valence electrons.